The van der Waals surface area contributed by atoms with Gasteiger partial charge in [-0.2, -0.15) is 0 Å². The molecule has 2 aromatic carbocycles. The van der Waals surface area contributed by atoms with E-state index in [1.54, 1.807) is 55.5 Å². The van der Waals surface area contributed by atoms with Crippen LogP contribution >= 0.6 is 11.6 Å². The standard InChI is InChI=1S/C20H19ClN2O4/c1-2-27-17(24)15-8-3-4-9-16(15)23-19(26)20(10-11-20)18(25)22-14-7-5-6-13(21)12-14/h3-9,12H,2,10-11H2,1H3,(H,22,25)(H,23,26). The number of ether oxygens (including phenoxy) is 1. The van der Waals surface area contributed by atoms with Gasteiger partial charge in [-0.1, -0.05) is 29.8 Å². The molecule has 0 heterocycles. The number of hydrogen-bond acceptors (Lipinski definition) is 4. The molecule has 0 bridgehead atoms. The first kappa shape index (κ1) is 18.9. The highest BCUT2D eigenvalue weighted by atomic mass is 35.5. The molecule has 27 heavy (non-hydrogen) atoms. The second-order valence-electron chi connectivity index (χ2n) is 6.27. The van der Waals surface area contributed by atoms with E-state index in [-0.39, 0.29) is 12.2 Å². The van der Waals surface area contributed by atoms with E-state index in [1.165, 1.54) is 0 Å². The fourth-order valence-corrected chi connectivity index (χ4v) is 2.91. The van der Waals surface area contributed by atoms with Gasteiger partial charge in [0.2, 0.25) is 11.8 Å². The molecule has 0 unspecified atom stereocenters. The number of carbonyl (C=O) groups is 3. The van der Waals surface area contributed by atoms with E-state index in [0.29, 0.717) is 29.2 Å². The first-order valence-corrected chi connectivity index (χ1v) is 8.99. The molecule has 0 spiro atoms. The van der Waals surface area contributed by atoms with Crippen LogP contribution in [0.4, 0.5) is 11.4 Å². The smallest absolute Gasteiger partial charge is 0.340 e. The van der Waals surface area contributed by atoms with Crippen molar-refractivity contribution in [2.24, 2.45) is 5.41 Å². The minimum atomic E-state index is -1.15. The fraction of sp³-hybridized carbons (Fsp3) is 0.250. The van der Waals surface area contributed by atoms with Crippen molar-refractivity contribution < 1.29 is 19.1 Å². The number of halogens is 1. The van der Waals surface area contributed by atoms with Crippen molar-refractivity contribution in [2.75, 3.05) is 17.2 Å². The first-order chi connectivity index (χ1) is 13.0. The minimum absolute atomic E-state index is 0.229. The van der Waals surface area contributed by atoms with E-state index in [9.17, 15) is 14.4 Å². The van der Waals surface area contributed by atoms with Gasteiger partial charge in [-0.25, -0.2) is 4.79 Å². The van der Waals surface area contributed by atoms with Crippen molar-refractivity contribution in [2.45, 2.75) is 19.8 Å². The molecule has 0 saturated heterocycles. The highest BCUT2D eigenvalue weighted by Gasteiger charge is 2.56. The van der Waals surface area contributed by atoms with Crippen molar-refractivity contribution in [3.8, 4) is 0 Å². The van der Waals surface area contributed by atoms with Crippen molar-refractivity contribution in [1.82, 2.24) is 0 Å². The summed E-state index contributed by atoms with van der Waals surface area (Å²) in [6, 6.07) is 13.3. The number of carbonyl (C=O) groups excluding carboxylic acids is 3. The molecular formula is C20H19ClN2O4. The van der Waals surface area contributed by atoms with Crippen LogP contribution in [-0.4, -0.2) is 24.4 Å². The maximum absolute atomic E-state index is 12.8. The first-order valence-electron chi connectivity index (χ1n) is 8.61. The summed E-state index contributed by atoms with van der Waals surface area (Å²) < 4.78 is 5.01. The zero-order chi connectivity index (χ0) is 19.4. The van der Waals surface area contributed by atoms with Crippen LogP contribution in [0.15, 0.2) is 48.5 Å². The second-order valence-corrected chi connectivity index (χ2v) is 6.70. The van der Waals surface area contributed by atoms with Crippen LogP contribution in [0.3, 0.4) is 0 Å². The third kappa shape index (κ3) is 4.11. The Morgan fingerprint density at radius 3 is 2.41 bits per heavy atom. The Kier molecular flexibility index (Phi) is 5.46. The summed E-state index contributed by atoms with van der Waals surface area (Å²) in [5, 5.41) is 5.93. The third-order valence-electron chi connectivity index (χ3n) is 4.37. The number of anilines is 2. The molecule has 0 radical (unpaired) electrons. The summed E-state index contributed by atoms with van der Waals surface area (Å²) in [7, 11) is 0. The average molecular weight is 387 g/mol. The SMILES string of the molecule is CCOC(=O)c1ccccc1NC(=O)C1(C(=O)Nc2cccc(Cl)c2)CC1. The molecule has 2 amide bonds. The lowest BCUT2D eigenvalue weighted by Gasteiger charge is -2.17. The maximum atomic E-state index is 12.8. The molecule has 1 aliphatic carbocycles. The van der Waals surface area contributed by atoms with Crippen LogP contribution in [-0.2, 0) is 14.3 Å². The monoisotopic (exact) mass is 386 g/mol. The fourth-order valence-electron chi connectivity index (χ4n) is 2.72. The summed E-state index contributed by atoms with van der Waals surface area (Å²) >= 11 is 5.93. The normalized spacial score (nSPS) is 14.1. The summed E-state index contributed by atoms with van der Waals surface area (Å²) in [6.45, 7) is 1.94. The zero-order valence-corrected chi connectivity index (χ0v) is 15.5. The van der Waals surface area contributed by atoms with Gasteiger partial charge >= 0.3 is 5.97 Å². The Balaban J connectivity index is 1.74. The number of rotatable bonds is 6. The molecule has 2 N–H and O–H groups in total. The van der Waals surface area contributed by atoms with Crippen LogP contribution < -0.4 is 10.6 Å². The van der Waals surface area contributed by atoms with Gasteiger partial charge < -0.3 is 15.4 Å². The molecule has 0 atom stereocenters. The van der Waals surface area contributed by atoms with Crippen molar-refractivity contribution in [3.05, 3.63) is 59.1 Å². The molecule has 0 aliphatic heterocycles. The Bertz CT molecular complexity index is 893. The van der Waals surface area contributed by atoms with Gasteiger partial charge in [0.15, 0.2) is 0 Å². The van der Waals surface area contributed by atoms with Crippen LogP contribution in [0, 0.1) is 5.41 Å². The van der Waals surface area contributed by atoms with E-state index in [2.05, 4.69) is 10.6 Å². The predicted octanol–water partition coefficient (Wildman–Crippen LogP) is 3.87. The largest absolute Gasteiger partial charge is 0.462 e. The van der Waals surface area contributed by atoms with Crippen LogP contribution in [0.5, 0.6) is 0 Å². The third-order valence-corrected chi connectivity index (χ3v) is 4.61. The van der Waals surface area contributed by atoms with E-state index in [1.807, 2.05) is 0 Å². The molecule has 1 fully saturated rings. The maximum Gasteiger partial charge on any atom is 0.340 e. The number of para-hydroxylation sites is 1. The number of esters is 1. The van der Waals surface area contributed by atoms with E-state index >= 15 is 0 Å². The Labute approximate surface area is 161 Å². The van der Waals surface area contributed by atoms with Crippen molar-refractivity contribution in [1.29, 1.82) is 0 Å². The topological polar surface area (TPSA) is 84.5 Å². The van der Waals surface area contributed by atoms with Crippen LogP contribution in [0.2, 0.25) is 5.02 Å². The van der Waals surface area contributed by atoms with Gasteiger partial charge in [0.25, 0.3) is 0 Å². The number of amides is 2. The highest BCUT2D eigenvalue weighted by molar-refractivity contribution is 6.31. The lowest BCUT2D eigenvalue weighted by Crippen LogP contribution is -2.36. The lowest BCUT2D eigenvalue weighted by atomic mass is 10.0. The van der Waals surface area contributed by atoms with Crippen LogP contribution in [0.25, 0.3) is 0 Å². The molecule has 1 saturated carbocycles. The van der Waals surface area contributed by atoms with E-state index in [4.69, 9.17) is 16.3 Å². The highest BCUT2D eigenvalue weighted by Crippen LogP contribution is 2.47. The Morgan fingerprint density at radius 2 is 1.74 bits per heavy atom. The molecule has 140 valence electrons. The number of benzene rings is 2. The molecular weight excluding hydrogens is 368 g/mol. The van der Waals surface area contributed by atoms with Gasteiger partial charge in [0.05, 0.1) is 17.9 Å². The Hall–Kier alpha value is -2.86. The average Bonchev–Trinajstić information content (AvgIpc) is 3.44. The van der Waals surface area contributed by atoms with Gasteiger partial charge in [0, 0.05) is 10.7 Å². The molecule has 2 aromatic rings. The number of hydrogen-bond donors (Lipinski definition) is 2. The van der Waals surface area contributed by atoms with Crippen LogP contribution in [0.1, 0.15) is 30.1 Å². The quantitative estimate of drug-likeness (QED) is 0.583. The zero-order valence-electron chi connectivity index (χ0n) is 14.8. The lowest BCUT2D eigenvalue weighted by molar-refractivity contribution is -0.131. The van der Waals surface area contributed by atoms with E-state index in [0.717, 1.165) is 0 Å². The molecule has 3 rings (SSSR count). The molecule has 7 heteroatoms. The summed E-state index contributed by atoms with van der Waals surface area (Å²) in [5.74, 6) is -1.36. The summed E-state index contributed by atoms with van der Waals surface area (Å²) in [4.78, 5) is 37.5. The van der Waals surface area contributed by atoms with Gasteiger partial charge in [0.1, 0.15) is 5.41 Å². The van der Waals surface area contributed by atoms with Gasteiger partial charge in [-0.3, -0.25) is 9.59 Å². The molecule has 1 aliphatic rings. The molecule has 6 nitrogen and oxygen atoms in total. The van der Waals surface area contributed by atoms with Gasteiger partial charge in [-0.05, 0) is 50.1 Å². The summed E-state index contributed by atoms with van der Waals surface area (Å²) in [6.07, 6.45) is 0.875. The molecule has 0 aromatic heterocycles. The van der Waals surface area contributed by atoms with E-state index < -0.39 is 23.2 Å². The minimum Gasteiger partial charge on any atom is -0.462 e. The van der Waals surface area contributed by atoms with Crippen molar-refractivity contribution in [3.63, 3.8) is 0 Å². The number of nitrogens with one attached hydrogen (secondary N) is 2. The predicted molar refractivity (Wildman–Crippen MR) is 103 cm³/mol. The second kappa shape index (κ2) is 7.80. The summed E-state index contributed by atoms with van der Waals surface area (Å²) in [5.41, 5.74) is -0.0515. The van der Waals surface area contributed by atoms with Crippen molar-refractivity contribution >= 4 is 40.8 Å². The Morgan fingerprint density at radius 1 is 1.04 bits per heavy atom. The van der Waals surface area contributed by atoms with Gasteiger partial charge in [-0.15, -0.1) is 0 Å².